The number of aromatic nitrogens is 3. The monoisotopic (exact) mass is 480 g/mol. The Labute approximate surface area is 200 Å². The van der Waals surface area contributed by atoms with E-state index in [0.29, 0.717) is 35.9 Å². The molecule has 2 aromatic heterocycles. The molecule has 1 amide bonds. The zero-order valence-electron chi connectivity index (χ0n) is 19.0. The first-order valence-electron chi connectivity index (χ1n) is 10.8. The predicted octanol–water partition coefficient (Wildman–Crippen LogP) is 3.60. The van der Waals surface area contributed by atoms with Crippen molar-refractivity contribution in [1.29, 1.82) is 0 Å². The quantitative estimate of drug-likeness (QED) is 0.293. The second kappa shape index (κ2) is 10.7. The zero-order chi connectivity index (χ0) is 24.1. The van der Waals surface area contributed by atoms with Crippen molar-refractivity contribution in [2.24, 2.45) is 7.05 Å². The van der Waals surface area contributed by atoms with Gasteiger partial charge in [-0.1, -0.05) is 54.2 Å². The molecular formula is C25H25FN4O3S. The van der Waals surface area contributed by atoms with Gasteiger partial charge in [0, 0.05) is 32.5 Å². The molecule has 0 atom stereocenters. The highest BCUT2D eigenvalue weighted by molar-refractivity contribution is 7.99. The first-order valence-corrected chi connectivity index (χ1v) is 11.7. The minimum atomic E-state index is -0.322. The summed E-state index contributed by atoms with van der Waals surface area (Å²) in [6.45, 7) is 0.955. The van der Waals surface area contributed by atoms with Crippen LogP contribution in [0.25, 0.3) is 22.2 Å². The summed E-state index contributed by atoms with van der Waals surface area (Å²) in [5.74, 6) is -0.449. The third-order valence-corrected chi connectivity index (χ3v) is 6.36. The molecule has 9 heteroatoms. The van der Waals surface area contributed by atoms with Crippen LogP contribution in [0.2, 0.25) is 0 Å². The van der Waals surface area contributed by atoms with E-state index >= 15 is 0 Å². The molecule has 7 nitrogen and oxygen atoms in total. The van der Waals surface area contributed by atoms with Crippen LogP contribution in [-0.2, 0) is 29.7 Å². The number of hydrogen-bond acceptors (Lipinski definition) is 5. The van der Waals surface area contributed by atoms with Crippen molar-refractivity contribution in [3.8, 4) is 11.1 Å². The van der Waals surface area contributed by atoms with Crippen molar-refractivity contribution >= 4 is 28.7 Å². The Morgan fingerprint density at radius 2 is 1.88 bits per heavy atom. The van der Waals surface area contributed by atoms with E-state index in [1.165, 1.54) is 23.9 Å². The third kappa shape index (κ3) is 5.21. The first-order chi connectivity index (χ1) is 16.5. The van der Waals surface area contributed by atoms with Crippen LogP contribution in [0.4, 0.5) is 4.39 Å². The normalized spacial score (nSPS) is 11.1. The van der Waals surface area contributed by atoms with Crippen LogP contribution < -0.4 is 10.9 Å². The fourth-order valence-electron chi connectivity index (χ4n) is 3.65. The molecule has 2 aromatic carbocycles. The summed E-state index contributed by atoms with van der Waals surface area (Å²) in [6.07, 6.45) is 1.90. The van der Waals surface area contributed by atoms with Crippen molar-refractivity contribution in [3.05, 3.63) is 82.5 Å². The molecular weight excluding hydrogens is 455 g/mol. The molecule has 0 aliphatic heterocycles. The van der Waals surface area contributed by atoms with Gasteiger partial charge in [-0.25, -0.2) is 9.37 Å². The molecule has 0 saturated carbocycles. The minimum absolute atomic E-state index is 0.0830. The average Bonchev–Trinajstić information content (AvgIpc) is 3.18. The highest BCUT2D eigenvalue weighted by atomic mass is 32.2. The van der Waals surface area contributed by atoms with E-state index in [4.69, 9.17) is 9.72 Å². The summed E-state index contributed by atoms with van der Waals surface area (Å²) in [7, 11) is 3.40. The molecule has 0 spiro atoms. The Morgan fingerprint density at radius 3 is 2.59 bits per heavy atom. The van der Waals surface area contributed by atoms with Crippen LogP contribution >= 0.6 is 11.8 Å². The second-order valence-electron chi connectivity index (χ2n) is 7.75. The summed E-state index contributed by atoms with van der Waals surface area (Å²) in [6, 6.07) is 15.7. The topological polar surface area (TPSA) is 78.2 Å². The number of rotatable bonds is 9. The number of thioether (sulfide) groups is 1. The lowest BCUT2D eigenvalue weighted by atomic mass is 10.1. The number of methoxy groups -OCH3 is 1. The highest BCUT2D eigenvalue weighted by Crippen LogP contribution is 2.29. The van der Waals surface area contributed by atoms with Gasteiger partial charge < -0.3 is 14.6 Å². The smallest absolute Gasteiger partial charge is 0.278 e. The van der Waals surface area contributed by atoms with Gasteiger partial charge >= 0.3 is 0 Å². The molecule has 34 heavy (non-hydrogen) atoms. The Bertz CT molecular complexity index is 1350. The molecule has 0 bridgehead atoms. The summed E-state index contributed by atoms with van der Waals surface area (Å²) in [4.78, 5) is 30.7. The molecule has 4 rings (SSSR count). The van der Waals surface area contributed by atoms with Gasteiger partial charge in [0.1, 0.15) is 16.9 Å². The van der Waals surface area contributed by atoms with E-state index in [9.17, 15) is 14.0 Å². The number of nitrogens with zero attached hydrogens (tertiary/aromatic N) is 3. The fraction of sp³-hybridized carbons (Fsp3) is 0.240. The predicted molar refractivity (Wildman–Crippen MR) is 131 cm³/mol. The van der Waals surface area contributed by atoms with E-state index in [1.807, 2.05) is 43.6 Å². The molecule has 0 aliphatic carbocycles. The van der Waals surface area contributed by atoms with Crippen molar-refractivity contribution in [1.82, 2.24) is 19.4 Å². The molecule has 0 radical (unpaired) electrons. The van der Waals surface area contributed by atoms with E-state index in [1.54, 1.807) is 28.4 Å². The van der Waals surface area contributed by atoms with Crippen LogP contribution in [0.5, 0.6) is 0 Å². The molecule has 0 fully saturated rings. The van der Waals surface area contributed by atoms with E-state index in [-0.39, 0.29) is 23.0 Å². The number of nitrogens with one attached hydrogen (secondary N) is 1. The number of amides is 1. The Morgan fingerprint density at radius 1 is 1.15 bits per heavy atom. The van der Waals surface area contributed by atoms with Gasteiger partial charge in [-0.3, -0.25) is 14.2 Å². The Hall–Kier alpha value is -3.43. The number of aryl methyl sites for hydroxylation is 1. The summed E-state index contributed by atoms with van der Waals surface area (Å²) >= 11 is 1.20. The second-order valence-corrected chi connectivity index (χ2v) is 8.70. The Kier molecular flexibility index (Phi) is 7.44. The maximum Gasteiger partial charge on any atom is 0.278 e. The molecule has 0 saturated heterocycles. The molecule has 0 unspecified atom stereocenters. The molecule has 176 valence electrons. The minimum Gasteiger partial charge on any atom is -0.383 e. The van der Waals surface area contributed by atoms with Crippen LogP contribution in [0.15, 0.2) is 70.7 Å². The van der Waals surface area contributed by atoms with Crippen LogP contribution in [-0.4, -0.2) is 39.5 Å². The molecule has 1 N–H and O–H groups in total. The third-order valence-electron chi connectivity index (χ3n) is 5.38. The number of hydrogen-bond donors (Lipinski definition) is 1. The van der Waals surface area contributed by atoms with Gasteiger partial charge in [-0.15, -0.1) is 0 Å². The summed E-state index contributed by atoms with van der Waals surface area (Å²) in [5, 5.41) is 3.27. The van der Waals surface area contributed by atoms with Crippen LogP contribution in [0.1, 0.15) is 5.56 Å². The van der Waals surface area contributed by atoms with E-state index in [0.717, 1.165) is 16.7 Å². The maximum absolute atomic E-state index is 13.4. The van der Waals surface area contributed by atoms with Gasteiger partial charge in [0.25, 0.3) is 5.56 Å². The molecule has 2 heterocycles. The number of ether oxygens (including phenoxy) is 1. The number of carbonyl (C=O) groups excluding carboxylic acids is 1. The fourth-order valence-corrected chi connectivity index (χ4v) is 4.50. The average molecular weight is 481 g/mol. The van der Waals surface area contributed by atoms with Gasteiger partial charge in [-0.05, 0) is 23.3 Å². The lowest BCUT2D eigenvalue weighted by Crippen LogP contribution is -2.28. The number of carbonyl (C=O) groups is 1. The van der Waals surface area contributed by atoms with Gasteiger partial charge in [0.05, 0.1) is 18.9 Å². The summed E-state index contributed by atoms with van der Waals surface area (Å²) in [5.41, 5.74) is 3.54. The van der Waals surface area contributed by atoms with Crippen molar-refractivity contribution in [3.63, 3.8) is 0 Å². The van der Waals surface area contributed by atoms with Crippen molar-refractivity contribution in [2.45, 2.75) is 18.2 Å². The van der Waals surface area contributed by atoms with Crippen LogP contribution in [0, 0.1) is 5.82 Å². The van der Waals surface area contributed by atoms with E-state index < -0.39 is 0 Å². The van der Waals surface area contributed by atoms with Gasteiger partial charge in [-0.2, -0.15) is 0 Å². The maximum atomic E-state index is 13.4. The standard InChI is InChI=1S/C25H25FN4O3S/c1-29-15-20(18-6-4-3-5-7-18)22-23(29)24(32)30(12-13-33-2)25(28-22)34-16-21(31)27-14-17-8-10-19(26)11-9-17/h3-11,15H,12-14,16H2,1-2H3,(H,27,31). The number of halogens is 1. The highest BCUT2D eigenvalue weighted by Gasteiger charge is 2.19. The van der Waals surface area contributed by atoms with Crippen molar-refractivity contribution in [2.75, 3.05) is 19.5 Å². The largest absolute Gasteiger partial charge is 0.383 e. The van der Waals surface area contributed by atoms with Crippen molar-refractivity contribution < 1.29 is 13.9 Å². The zero-order valence-corrected chi connectivity index (χ0v) is 19.8. The lowest BCUT2D eigenvalue weighted by molar-refractivity contribution is -0.118. The SMILES string of the molecule is COCCn1c(SCC(=O)NCc2ccc(F)cc2)nc2c(-c3ccccc3)cn(C)c2c1=O. The van der Waals surface area contributed by atoms with Gasteiger partial charge in [0.15, 0.2) is 5.16 Å². The number of fused-ring (bicyclic) bond motifs is 1. The molecule has 4 aromatic rings. The van der Waals surface area contributed by atoms with E-state index in [2.05, 4.69) is 5.32 Å². The Balaban J connectivity index is 1.61. The lowest BCUT2D eigenvalue weighted by Gasteiger charge is -2.12. The molecule has 0 aliphatic rings. The summed E-state index contributed by atoms with van der Waals surface area (Å²) < 4.78 is 21.6. The van der Waals surface area contributed by atoms with Gasteiger partial charge in [0.2, 0.25) is 5.91 Å². The number of benzene rings is 2. The first kappa shape index (κ1) is 23.7. The van der Waals surface area contributed by atoms with Crippen LogP contribution in [0.3, 0.4) is 0 Å².